The van der Waals surface area contributed by atoms with E-state index >= 15 is 0 Å². The summed E-state index contributed by atoms with van der Waals surface area (Å²) in [5.41, 5.74) is 5.50. The van der Waals surface area contributed by atoms with Gasteiger partial charge in [0.05, 0.1) is 13.1 Å². The molecule has 0 aromatic carbocycles. The van der Waals surface area contributed by atoms with Crippen molar-refractivity contribution in [1.82, 2.24) is 0 Å². The van der Waals surface area contributed by atoms with Gasteiger partial charge in [0.25, 0.3) is 0 Å². The molecule has 3 saturated heterocycles. The predicted molar refractivity (Wildman–Crippen MR) is 49.7 cm³/mol. The van der Waals surface area contributed by atoms with Crippen molar-refractivity contribution in [2.75, 3.05) is 26.3 Å². The minimum atomic E-state index is -0.344. The van der Waals surface area contributed by atoms with Crippen LogP contribution >= 0.6 is 0 Å². The normalized spacial score (nSPS) is 58.6. The van der Waals surface area contributed by atoms with E-state index in [1.807, 2.05) is 0 Å². The molecule has 0 radical (unpaired) electrons. The molecule has 3 heterocycles. The van der Waals surface area contributed by atoms with Gasteiger partial charge in [-0.2, -0.15) is 0 Å². The predicted octanol–water partition coefficient (Wildman–Crippen LogP) is -0.106. The van der Waals surface area contributed by atoms with E-state index in [1.54, 1.807) is 0 Å². The zero-order chi connectivity index (χ0) is 9.10. The minimum Gasteiger partial charge on any atom is -0.384 e. The fraction of sp³-hybridized carbons (Fsp3) is 1.00. The highest BCUT2D eigenvalue weighted by Crippen LogP contribution is 2.48. The van der Waals surface area contributed by atoms with E-state index in [9.17, 15) is 5.11 Å². The summed E-state index contributed by atoms with van der Waals surface area (Å²) in [7, 11) is 0. The lowest BCUT2D eigenvalue weighted by molar-refractivity contribution is -0.957. The van der Waals surface area contributed by atoms with Gasteiger partial charge >= 0.3 is 0 Å². The molecule has 3 aliphatic heterocycles. The molecule has 2 unspecified atom stereocenters. The number of nitrogens with zero attached hydrogens (tertiary/aromatic N) is 1. The second-order valence-electron chi connectivity index (χ2n) is 5.65. The zero-order valence-corrected chi connectivity index (χ0v) is 8.08. The molecule has 0 amide bonds. The zero-order valence-electron chi connectivity index (χ0n) is 8.08. The highest BCUT2D eigenvalue weighted by Gasteiger charge is 2.57. The SMILES string of the molecule is NC[N+]12CC3CC(CC(O)(C3)C1)C2. The topological polar surface area (TPSA) is 46.2 Å². The summed E-state index contributed by atoms with van der Waals surface area (Å²) in [6, 6.07) is 0. The molecule has 4 bridgehead atoms. The maximum atomic E-state index is 10.3. The highest BCUT2D eigenvalue weighted by atomic mass is 16.3. The van der Waals surface area contributed by atoms with Gasteiger partial charge in [-0.15, -0.1) is 0 Å². The Labute approximate surface area is 79.1 Å². The maximum Gasteiger partial charge on any atom is 0.130 e. The van der Waals surface area contributed by atoms with E-state index in [0.717, 1.165) is 42.4 Å². The molecule has 4 aliphatic rings. The second-order valence-corrected chi connectivity index (χ2v) is 5.65. The average molecular weight is 183 g/mol. The van der Waals surface area contributed by atoms with Crippen LogP contribution < -0.4 is 5.73 Å². The molecule has 3 nitrogen and oxygen atoms in total. The first-order chi connectivity index (χ1) is 6.13. The Morgan fingerprint density at radius 1 is 1.31 bits per heavy atom. The Bertz CT molecular complexity index is 227. The first kappa shape index (κ1) is 8.21. The summed E-state index contributed by atoms with van der Waals surface area (Å²) < 4.78 is 1.01. The Kier molecular flexibility index (Phi) is 1.43. The Morgan fingerprint density at radius 2 is 1.92 bits per heavy atom. The number of piperidine rings is 3. The first-order valence-electron chi connectivity index (χ1n) is 5.41. The molecule has 3 heteroatoms. The van der Waals surface area contributed by atoms with Gasteiger partial charge in [0.2, 0.25) is 0 Å². The van der Waals surface area contributed by atoms with Crippen LogP contribution in [0.1, 0.15) is 19.3 Å². The van der Waals surface area contributed by atoms with Crippen LogP contribution in [-0.4, -0.2) is 41.5 Å². The van der Waals surface area contributed by atoms with Gasteiger partial charge in [-0.1, -0.05) is 0 Å². The standard InChI is InChI=1S/C10H19N2O/c11-7-12-4-8-1-9(5-12)3-10(13,2-8)6-12/h8-9,13H,1-7,11H2/q+1. The summed E-state index contributed by atoms with van der Waals surface area (Å²) >= 11 is 0. The molecule has 4 fully saturated rings. The quantitative estimate of drug-likeness (QED) is 0.557. The van der Waals surface area contributed by atoms with E-state index in [0.29, 0.717) is 0 Å². The fourth-order valence-electron chi connectivity index (χ4n) is 4.34. The first-order valence-corrected chi connectivity index (χ1v) is 5.41. The molecule has 0 aromatic heterocycles. The average Bonchev–Trinajstić information content (AvgIpc) is 1.99. The smallest absolute Gasteiger partial charge is 0.130 e. The van der Waals surface area contributed by atoms with Crippen LogP contribution in [0, 0.1) is 11.8 Å². The van der Waals surface area contributed by atoms with Gasteiger partial charge in [0.15, 0.2) is 0 Å². The number of aliphatic hydroxyl groups is 1. The van der Waals surface area contributed by atoms with Crippen LogP contribution in [-0.2, 0) is 0 Å². The minimum absolute atomic E-state index is 0.344. The van der Waals surface area contributed by atoms with Gasteiger partial charge in [-0.25, -0.2) is 0 Å². The number of nitrogens with two attached hydrogens (primary N) is 1. The van der Waals surface area contributed by atoms with Crippen LogP contribution in [0.4, 0.5) is 0 Å². The summed E-state index contributed by atoms with van der Waals surface area (Å²) in [5, 5.41) is 10.3. The number of quaternary nitrogens is 1. The molecule has 0 aromatic rings. The van der Waals surface area contributed by atoms with Crippen LogP contribution in [0.25, 0.3) is 0 Å². The van der Waals surface area contributed by atoms with E-state index in [1.165, 1.54) is 19.5 Å². The van der Waals surface area contributed by atoms with Crippen molar-refractivity contribution in [3.63, 3.8) is 0 Å². The molecule has 2 atom stereocenters. The van der Waals surface area contributed by atoms with Crippen LogP contribution in [0.5, 0.6) is 0 Å². The summed E-state index contributed by atoms with van der Waals surface area (Å²) in [5.74, 6) is 1.52. The molecule has 74 valence electrons. The number of rotatable bonds is 1. The lowest BCUT2D eigenvalue weighted by Crippen LogP contribution is -2.73. The van der Waals surface area contributed by atoms with Crippen LogP contribution in [0.15, 0.2) is 0 Å². The molecule has 4 rings (SSSR count). The Balaban J connectivity index is 1.95. The monoisotopic (exact) mass is 183 g/mol. The molecular weight excluding hydrogens is 164 g/mol. The summed E-state index contributed by atoms with van der Waals surface area (Å²) in [6.45, 7) is 4.12. The van der Waals surface area contributed by atoms with Crippen molar-refractivity contribution in [2.45, 2.75) is 24.9 Å². The van der Waals surface area contributed by atoms with Crippen molar-refractivity contribution in [3.8, 4) is 0 Å². The second kappa shape index (κ2) is 2.27. The van der Waals surface area contributed by atoms with E-state index in [2.05, 4.69) is 0 Å². The maximum absolute atomic E-state index is 10.3. The molecule has 3 N–H and O–H groups in total. The molecule has 13 heavy (non-hydrogen) atoms. The van der Waals surface area contributed by atoms with Crippen molar-refractivity contribution < 1.29 is 9.59 Å². The third kappa shape index (κ3) is 1.07. The van der Waals surface area contributed by atoms with Crippen LogP contribution in [0.2, 0.25) is 0 Å². The van der Waals surface area contributed by atoms with Gasteiger partial charge in [0, 0.05) is 11.8 Å². The summed E-state index contributed by atoms with van der Waals surface area (Å²) in [6.07, 6.45) is 3.44. The number of hydrogen-bond donors (Lipinski definition) is 2. The van der Waals surface area contributed by atoms with E-state index in [-0.39, 0.29) is 5.60 Å². The number of hydrogen-bond acceptors (Lipinski definition) is 2. The van der Waals surface area contributed by atoms with Crippen molar-refractivity contribution in [2.24, 2.45) is 17.6 Å². The lowest BCUT2D eigenvalue weighted by atomic mass is 9.64. The summed E-state index contributed by atoms with van der Waals surface area (Å²) in [4.78, 5) is 0. The fourth-order valence-corrected chi connectivity index (χ4v) is 4.34. The van der Waals surface area contributed by atoms with Crippen molar-refractivity contribution in [1.29, 1.82) is 0 Å². The van der Waals surface area contributed by atoms with Crippen LogP contribution in [0.3, 0.4) is 0 Å². The van der Waals surface area contributed by atoms with Gasteiger partial charge in [0.1, 0.15) is 18.8 Å². The van der Waals surface area contributed by atoms with Crippen molar-refractivity contribution >= 4 is 0 Å². The van der Waals surface area contributed by atoms with E-state index < -0.39 is 0 Å². The van der Waals surface area contributed by atoms with Gasteiger partial charge in [-0.3, -0.25) is 5.73 Å². The Morgan fingerprint density at radius 3 is 2.38 bits per heavy atom. The van der Waals surface area contributed by atoms with Crippen molar-refractivity contribution in [3.05, 3.63) is 0 Å². The molecule has 0 spiro atoms. The highest BCUT2D eigenvalue weighted by molar-refractivity contribution is 4.97. The van der Waals surface area contributed by atoms with E-state index in [4.69, 9.17) is 5.73 Å². The largest absolute Gasteiger partial charge is 0.384 e. The molecular formula is C10H19N2O+. The van der Waals surface area contributed by atoms with Gasteiger partial charge in [-0.05, 0) is 19.3 Å². The molecule has 1 aliphatic carbocycles. The van der Waals surface area contributed by atoms with Gasteiger partial charge < -0.3 is 9.59 Å². The molecule has 1 saturated carbocycles. The third-order valence-electron chi connectivity index (χ3n) is 4.31. The Hall–Kier alpha value is -0.120. The lowest BCUT2D eigenvalue weighted by Gasteiger charge is -2.60. The third-order valence-corrected chi connectivity index (χ3v) is 4.31.